The normalized spacial score (nSPS) is 13.0. The van der Waals surface area contributed by atoms with Crippen LogP contribution in [0.4, 0.5) is 0 Å². The monoisotopic (exact) mass is 611 g/mol. The number of nitrogens with one attached hydrogen (secondary N) is 1. The number of fused-ring (bicyclic) bond motifs is 1. The van der Waals surface area contributed by atoms with Crippen LogP contribution in [0, 0.1) is 0 Å². The van der Waals surface area contributed by atoms with E-state index in [0.717, 1.165) is 10.9 Å². The van der Waals surface area contributed by atoms with Gasteiger partial charge in [0.15, 0.2) is 11.9 Å². The van der Waals surface area contributed by atoms with Crippen molar-refractivity contribution >= 4 is 41.8 Å². The van der Waals surface area contributed by atoms with E-state index in [1.807, 2.05) is 24.3 Å². The van der Waals surface area contributed by atoms with Gasteiger partial charge in [-0.2, -0.15) is 0 Å². The van der Waals surface area contributed by atoms with Gasteiger partial charge in [-0.05, 0) is 61.7 Å². The van der Waals surface area contributed by atoms with Gasteiger partial charge in [0.2, 0.25) is 5.91 Å². The van der Waals surface area contributed by atoms with Crippen LogP contribution in [-0.2, 0) is 34.6 Å². The molecular formula is C32H38NO9P. The van der Waals surface area contributed by atoms with Gasteiger partial charge in [-0.25, -0.2) is 9.36 Å². The third-order valence-electron chi connectivity index (χ3n) is 6.52. The summed E-state index contributed by atoms with van der Waals surface area (Å²) in [7, 11) is -2.41. The number of methoxy groups -OCH3 is 1. The molecule has 3 aromatic rings. The molecule has 3 rings (SSSR count). The van der Waals surface area contributed by atoms with Crippen molar-refractivity contribution in [3.8, 4) is 11.5 Å². The van der Waals surface area contributed by atoms with Crippen LogP contribution in [0.1, 0.15) is 56.0 Å². The lowest BCUT2D eigenvalue weighted by Gasteiger charge is -2.22. The predicted octanol–water partition coefficient (Wildman–Crippen LogP) is 5.69. The molecule has 0 aliphatic rings. The van der Waals surface area contributed by atoms with Gasteiger partial charge in [-0.15, -0.1) is 0 Å². The van der Waals surface area contributed by atoms with Crippen molar-refractivity contribution < 1.29 is 42.3 Å². The molecule has 0 heterocycles. The summed E-state index contributed by atoms with van der Waals surface area (Å²) in [4.78, 5) is 49.4. The van der Waals surface area contributed by atoms with Gasteiger partial charge in [0, 0.05) is 25.8 Å². The Balaban J connectivity index is 1.63. The number of ether oxygens (including phenoxy) is 2. The lowest BCUT2D eigenvalue weighted by Crippen LogP contribution is -2.29. The van der Waals surface area contributed by atoms with Crippen molar-refractivity contribution in [1.82, 2.24) is 5.32 Å². The lowest BCUT2D eigenvalue weighted by atomic mass is 9.95. The molecule has 3 aromatic carbocycles. The predicted molar refractivity (Wildman–Crippen MR) is 163 cm³/mol. The van der Waals surface area contributed by atoms with Crippen LogP contribution >= 0.6 is 7.60 Å². The van der Waals surface area contributed by atoms with Crippen molar-refractivity contribution in [2.24, 2.45) is 0 Å². The number of carbonyl (C=O) groups is 4. The fraction of sp³-hybridized carbons (Fsp3) is 0.375. The zero-order chi connectivity index (χ0) is 31.4. The summed E-state index contributed by atoms with van der Waals surface area (Å²) in [6.07, 6.45) is -0.511. The minimum atomic E-state index is -3.89. The molecule has 0 aliphatic heterocycles. The van der Waals surface area contributed by atoms with Gasteiger partial charge < -0.3 is 24.1 Å². The summed E-state index contributed by atoms with van der Waals surface area (Å²) in [6, 6.07) is 17.6. The summed E-state index contributed by atoms with van der Waals surface area (Å²) in [6.45, 7) is 4.68. The Morgan fingerprint density at radius 3 is 2.37 bits per heavy atom. The highest BCUT2D eigenvalue weighted by atomic mass is 31.2. The van der Waals surface area contributed by atoms with Gasteiger partial charge in [0.25, 0.3) is 0 Å². The summed E-state index contributed by atoms with van der Waals surface area (Å²) in [5, 5.41) is 4.19. The number of carbonyl (C=O) groups excluding carboxylic acids is 4. The Morgan fingerprint density at radius 2 is 1.70 bits per heavy atom. The largest absolute Gasteiger partial charge is 0.496 e. The molecule has 0 bridgehead atoms. The molecular weight excluding hydrogens is 573 g/mol. The molecule has 2 atom stereocenters. The van der Waals surface area contributed by atoms with E-state index in [-0.39, 0.29) is 49.5 Å². The van der Waals surface area contributed by atoms with Gasteiger partial charge in [0.1, 0.15) is 17.3 Å². The lowest BCUT2D eigenvalue weighted by molar-refractivity contribution is -0.150. The summed E-state index contributed by atoms with van der Waals surface area (Å²) >= 11 is 0. The fourth-order valence-corrected chi connectivity index (χ4v) is 6.01. The summed E-state index contributed by atoms with van der Waals surface area (Å²) < 4.78 is 35.1. The van der Waals surface area contributed by atoms with Crippen molar-refractivity contribution in [2.75, 3.05) is 26.4 Å². The first-order valence-electron chi connectivity index (χ1n) is 14.1. The maximum atomic E-state index is 13.5. The summed E-state index contributed by atoms with van der Waals surface area (Å²) in [5.41, 5.74) is 1.37. The Morgan fingerprint density at radius 1 is 0.953 bits per heavy atom. The fourth-order valence-electron chi connectivity index (χ4n) is 4.37. The SMILES string of the molecule is CCOC(=O)[C@@H](C)OP(=O)(CCNC(=O)CCC(=O)c1c(OC)ccc2cc(CCC(C)=O)ccc12)Oc1ccccc1. The van der Waals surface area contributed by atoms with Crippen LogP contribution in [0.25, 0.3) is 10.8 Å². The number of benzene rings is 3. The highest BCUT2D eigenvalue weighted by Crippen LogP contribution is 2.49. The molecule has 0 saturated carbocycles. The van der Waals surface area contributed by atoms with Gasteiger partial charge in [-0.3, -0.25) is 14.1 Å². The minimum absolute atomic E-state index is 0.0761. The molecule has 0 aromatic heterocycles. The van der Waals surface area contributed by atoms with Crippen molar-refractivity contribution in [3.05, 3.63) is 71.8 Å². The number of aryl methyl sites for hydroxylation is 1. The van der Waals surface area contributed by atoms with E-state index in [0.29, 0.717) is 29.5 Å². The first-order valence-corrected chi connectivity index (χ1v) is 15.9. The number of hydrogen-bond acceptors (Lipinski definition) is 9. The molecule has 1 N–H and O–H groups in total. The van der Waals surface area contributed by atoms with Crippen molar-refractivity contribution in [2.45, 2.75) is 52.6 Å². The molecule has 230 valence electrons. The second kappa shape index (κ2) is 16.0. The number of esters is 1. The molecule has 1 unspecified atom stereocenters. The van der Waals surface area contributed by atoms with Crippen LogP contribution in [-0.4, -0.2) is 56.0 Å². The molecule has 0 spiro atoms. The number of Topliss-reactive ketones (excluding diaryl/α,β-unsaturated/α-hetero) is 2. The van der Waals surface area contributed by atoms with Crippen LogP contribution < -0.4 is 14.6 Å². The second-order valence-corrected chi connectivity index (χ2v) is 12.0. The van der Waals surface area contributed by atoms with E-state index in [2.05, 4.69) is 5.32 Å². The molecule has 11 heteroatoms. The van der Waals surface area contributed by atoms with Crippen LogP contribution in [0.15, 0.2) is 60.7 Å². The molecule has 1 amide bonds. The van der Waals surface area contributed by atoms with Crippen LogP contribution in [0.5, 0.6) is 11.5 Å². The van der Waals surface area contributed by atoms with Gasteiger partial charge in [0.05, 0.1) is 25.4 Å². The summed E-state index contributed by atoms with van der Waals surface area (Å²) in [5.74, 6) is -0.579. The Kier molecular flexibility index (Phi) is 12.5. The molecule has 0 fully saturated rings. The van der Waals surface area contributed by atoms with E-state index >= 15 is 0 Å². The van der Waals surface area contributed by atoms with Crippen molar-refractivity contribution in [3.63, 3.8) is 0 Å². The van der Waals surface area contributed by atoms with E-state index in [4.69, 9.17) is 18.5 Å². The maximum Gasteiger partial charge on any atom is 0.381 e. The molecule has 0 aliphatic carbocycles. The van der Waals surface area contributed by atoms with E-state index in [1.165, 1.54) is 14.0 Å². The Hall–Kier alpha value is -4.01. The van der Waals surface area contributed by atoms with E-state index in [9.17, 15) is 23.7 Å². The van der Waals surface area contributed by atoms with Crippen LogP contribution in [0.2, 0.25) is 0 Å². The zero-order valence-electron chi connectivity index (χ0n) is 24.9. The number of rotatable bonds is 17. The molecule has 0 radical (unpaired) electrons. The highest BCUT2D eigenvalue weighted by Gasteiger charge is 2.32. The number of para-hydroxylation sites is 1. The standard InChI is InChI=1S/C32H38NO9P/c1-5-40-32(37)23(3)41-43(38,42-26-9-7-6-8-10-26)20-19-33-30(36)18-16-28(35)31-27-15-13-24(12-11-22(2)34)21-25(27)14-17-29(31)39-4/h6-10,13-15,17,21,23H,5,11-12,16,18-20H2,1-4H3,(H,33,36)/t23-,43?/m1/s1. The third-order valence-corrected chi connectivity index (χ3v) is 8.42. The number of ketones is 2. The van der Waals surface area contributed by atoms with Gasteiger partial charge in [-0.1, -0.05) is 42.5 Å². The minimum Gasteiger partial charge on any atom is -0.496 e. The number of amides is 1. The maximum absolute atomic E-state index is 13.5. The Labute approximate surface area is 251 Å². The second-order valence-electron chi connectivity index (χ2n) is 9.91. The van der Waals surface area contributed by atoms with Crippen molar-refractivity contribution in [1.29, 1.82) is 0 Å². The quantitative estimate of drug-likeness (QED) is 0.116. The number of hydrogen-bond donors (Lipinski definition) is 1. The molecule has 10 nitrogen and oxygen atoms in total. The van der Waals surface area contributed by atoms with Gasteiger partial charge >= 0.3 is 13.6 Å². The van der Waals surface area contributed by atoms with E-state index < -0.39 is 25.6 Å². The highest BCUT2D eigenvalue weighted by molar-refractivity contribution is 7.54. The average Bonchev–Trinajstić information content (AvgIpc) is 2.98. The average molecular weight is 612 g/mol. The first-order chi connectivity index (χ1) is 20.5. The van der Waals surface area contributed by atoms with Crippen LogP contribution in [0.3, 0.4) is 0 Å². The Bertz CT molecular complexity index is 1490. The molecule has 43 heavy (non-hydrogen) atoms. The zero-order valence-corrected chi connectivity index (χ0v) is 25.8. The smallest absolute Gasteiger partial charge is 0.381 e. The first kappa shape index (κ1) is 33.5. The third kappa shape index (κ3) is 10.0. The molecule has 0 saturated heterocycles. The van der Waals surface area contributed by atoms with E-state index in [1.54, 1.807) is 50.2 Å². The topological polar surface area (TPSA) is 134 Å².